The Labute approximate surface area is 247 Å². The molecule has 0 saturated carbocycles. The molecular weight excluding hydrogens is 564 g/mol. The Morgan fingerprint density at radius 1 is 0.878 bits per heavy atom. The van der Waals surface area contributed by atoms with E-state index in [1.54, 1.807) is 6.33 Å². The van der Waals surface area contributed by atoms with Crippen LogP contribution in [0.15, 0.2) is 79.3 Å². The first-order valence-corrected chi connectivity index (χ1v) is 13.2. The van der Waals surface area contributed by atoms with Gasteiger partial charge in [-0.3, -0.25) is 4.90 Å². The van der Waals surface area contributed by atoms with E-state index in [2.05, 4.69) is 84.8 Å². The maximum absolute atomic E-state index is 5.30. The molecule has 207 valence electrons. The minimum atomic E-state index is 0. The number of rotatable bonds is 3. The van der Waals surface area contributed by atoms with E-state index in [-0.39, 0.29) is 17.1 Å². The Bertz CT molecular complexity index is 1890. The molecule has 6 aromatic rings. The number of hydrogen-bond acceptors (Lipinski definition) is 7. The predicted molar refractivity (Wildman–Crippen MR) is 157 cm³/mol. The summed E-state index contributed by atoms with van der Waals surface area (Å²) in [5, 5.41) is 2.22. The molecule has 1 radical (unpaired) electrons. The fourth-order valence-corrected chi connectivity index (χ4v) is 5.84. The summed E-state index contributed by atoms with van der Waals surface area (Å²) >= 11 is 0. The van der Waals surface area contributed by atoms with Gasteiger partial charge in [0.05, 0.1) is 23.6 Å². The summed E-state index contributed by atoms with van der Waals surface area (Å²) in [5.74, 6) is 3.50. The Morgan fingerprint density at radius 3 is 2.54 bits per heavy atom. The summed E-state index contributed by atoms with van der Waals surface area (Å²) in [6.45, 7) is 1.55. The van der Waals surface area contributed by atoms with Crippen LogP contribution < -0.4 is 24.7 Å². The first kappa shape index (κ1) is 25.3. The number of pyridine rings is 1. The third-order valence-electron chi connectivity index (χ3n) is 7.75. The van der Waals surface area contributed by atoms with E-state index in [0.29, 0.717) is 0 Å². The second-order valence-corrected chi connectivity index (χ2v) is 10.1. The van der Waals surface area contributed by atoms with Gasteiger partial charge < -0.3 is 29.3 Å². The van der Waals surface area contributed by atoms with Crippen molar-refractivity contribution >= 4 is 51.6 Å². The zero-order chi connectivity index (χ0) is 27.0. The van der Waals surface area contributed by atoms with Gasteiger partial charge in [-0.1, -0.05) is 30.2 Å². The number of aromatic nitrogens is 6. The maximum Gasteiger partial charge on any atom is 2.00 e. The van der Waals surface area contributed by atoms with Gasteiger partial charge in [0, 0.05) is 45.1 Å². The van der Waals surface area contributed by atoms with Crippen LogP contribution in [0.4, 0.5) is 40.5 Å². The normalized spacial score (nSPS) is 14.1. The monoisotopic (exact) mass is 589 g/mol. The molecule has 41 heavy (non-hydrogen) atoms. The zero-order valence-electron chi connectivity index (χ0n) is 22.7. The van der Waals surface area contributed by atoms with Gasteiger partial charge in [0.25, 0.3) is 0 Å². The van der Waals surface area contributed by atoms with Crippen LogP contribution in [0.3, 0.4) is 0 Å². The Hall–Kier alpha value is -4.73. The molecule has 0 atom stereocenters. The van der Waals surface area contributed by atoms with Crippen LogP contribution >= 0.6 is 0 Å². The zero-order valence-corrected chi connectivity index (χ0v) is 23.6. The topological polar surface area (TPSA) is 75.6 Å². The standard InChI is InChI=1S/C30H26N10.Cu/c1-35-18-21(26-27(35)32-19-31-26)22-12-9-15-25(33-22)38-17-16-36(2)40-29-28(34-30(38)40)39(20-10-5-4-6-11-20)24-14-8-7-13-23(24)37(29)3;/h4-10,12-15,18-19H,16-17H2,1-3H3;/q-2;+2. The molecule has 2 aliphatic heterocycles. The van der Waals surface area contributed by atoms with Crippen LogP contribution in [0, 0.1) is 6.07 Å². The van der Waals surface area contributed by atoms with Crippen molar-refractivity contribution in [3.8, 4) is 11.3 Å². The largest absolute Gasteiger partial charge is 2.00 e. The van der Waals surface area contributed by atoms with Crippen molar-refractivity contribution in [2.75, 3.05) is 46.9 Å². The van der Waals surface area contributed by atoms with E-state index in [1.165, 1.54) is 0 Å². The van der Waals surface area contributed by atoms with Gasteiger partial charge in [0.2, 0.25) is 5.95 Å². The number of nitrogens with zero attached hydrogens (tertiary/aromatic N) is 10. The molecule has 11 heteroatoms. The van der Waals surface area contributed by atoms with Crippen LogP contribution in [0.25, 0.3) is 22.4 Å². The van der Waals surface area contributed by atoms with Gasteiger partial charge >= 0.3 is 17.1 Å². The number of imidazole rings is 2. The first-order chi connectivity index (χ1) is 19.6. The van der Waals surface area contributed by atoms with E-state index in [1.807, 2.05) is 54.2 Å². The fourth-order valence-electron chi connectivity index (χ4n) is 5.84. The van der Waals surface area contributed by atoms with Gasteiger partial charge in [-0.05, 0) is 29.8 Å². The minimum absolute atomic E-state index is 0. The van der Waals surface area contributed by atoms with Crippen molar-refractivity contribution in [3.05, 3.63) is 85.3 Å². The van der Waals surface area contributed by atoms with E-state index < -0.39 is 0 Å². The Balaban J connectivity index is 0.00000276. The summed E-state index contributed by atoms with van der Waals surface area (Å²) in [4.78, 5) is 25.9. The number of aryl methyl sites for hydroxylation is 1. The molecule has 6 heterocycles. The number of para-hydroxylation sites is 3. The molecular formula is C30H26CuN10. The molecule has 0 fully saturated rings. The van der Waals surface area contributed by atoms with E-state index in [0.717, 1.165) is 76.0 Å². The van der Waals surface area contributed by atoms with Crippen LogP contribution in [-0.4, -0.2) is 51.4 Å². The SMILES string of the molecule is CN1c2ccccc2N(c2[c-]cccc2)c2nc3n(c21)N(C)CCN3c1cccc(-c2cn(C)c3nc[n-]c23)n1.[Cu+2]. The molecule has 4 aromatic heterocycles. The molecule has 0 spiro atoms. The number of benzene rings is 2. The summed E-state index contributed by atoms with van der Waals surface area (Å²) in [7, 11) is 6.19. The number of hydrogen-bond donors (Lipinski definition) is 0. The van der Waals surface area contributed by atoms with Crippen molar-refractivity contribution in [2.24, 2.45) is 7.05 Å². The molecule has 0 unspecified atom stereocenters. The second-order valence-electron chi connectivity index (χ2n) is 10.1. The summed E-state index contributed by atoms with van der Waals surface area (Å²) < 4.78 is 4.19. The predicted octanol–water partition coefficient (Wildman–Crippen LogP) is 4.86. The average Bonchev–Trinajstić information content (AvgIpc) is 3.70. The van der Waals surface area contributed by atoms with Crippen molar-refractivity contribution in [2.45, 2.75) is 0 Å². The third-order valence-corrected chi connectivity index (χ3v) is 7.75. The molecule has 0 bridgehead atoms. The first-order valence-electron chi connectivity index (χ1n) is 13.2. The molecule has 0 amide bonds. The van der Waals surface area contributed by atoms with E-state index >= 15 is 0 Å². The van der Waals surface area contributed by atoms with Crippen LogP contribution in [0.5, 0.6) is 0 Å². The fraction of sp³-hybridized carbons (Fsp3) is 0.167. The molecule has 10 nitrogen and oxygen atoms in total. The molecule has 2 aromatic carbocycles. The minimum Gasteiger partial charge on any atom is -0.441 e. The van der Waals surface area contributed by atoms with Gasteiger partial charge in [0.15, 0.2) is 11.6 Å². The van der Waals surface area contributed by atoms with Crippen molar-refractivity contribution < 1.29 is 17.1 Å². The Morgan fingerprint density at radius 2 is 1.71 bits per heavy atom. The number of anilines is 7. The van der Waals surface area contributed by atoms with Crippen LogP contribution in [0.2, 0.25) is 0 Å². The van der Waals surface area contributed by atoms with E-state index in [4.69, 9.17) is 9.97 Å². The van der Waals surface area contributed by atoms with Gasteiger partial charge in [-0.2, -0.15) is 29.2 Å². The van der Waals surface area contributed by atoms with Crippen molar-refractivity contribution in [3.63, 3.8) is 0 Å². The van der Waals surface area contributed by atoms with Crippen molar-refractivity contribution in [1.29, 1.82) is 0 Å². The van der Waals surface area contributed by atoms with Crippen LogP contribution in [-0.2, 0) is 24.1 Å². The summed E-state index contributed by atoms with van der Waals surface area (Å²) in [6, 6.07) is 26.0. The van der Waals surface area contributed by atoms with E-state index in [9.17, 15) is 0 Å². The maximum atomic E-state index is 5.30. The molecule has 0 aliphatic carbocycles. The average molecular weight is 590 g/mol. The quantitative estimate of drug-likeness (QED) is 0.214. The summed E-state index contributed by atoms with van der Waals surface area (Å²) in [6.07, 6.45) is 3.64. The van der Waals surface area contributed by atoms with Gasteiger partial charge in [0.1, 0.15) is 5.82 Å². The third kappa shape index (κ3) is 3.66. The molecule has 0 N–H and O–H groups in total. The smallest absolute Gasteiger partial charge is 0.441 e. The number of likely N-dealkylation sites (N-methyl/N-ethyl adjacent to an activating group) is 1. The van der Waals surface area contributed by atoms with Crippen LogP contribution in [0.1, 0.15) is 0 Å². The summed E-state index contributed by atoms with van der Waals surface area (Å²) in [5.41, 5.74) is 6.64. The second kappa shape index (κ2) is 9.43. The molecule has 0 saturated heterocycles. The van der Waals surface area contributed by atoms with Crippen molar-refractivity contribution in [1.82, 2.24) is 29.2 Å². The molecule has 8 rings (SSSR count). The Kier molecular flexibility index (Phi) is 5.81. The molecule has 2 aliphatic rings. The van der Waals surface area contributed by atoms with Gasteiger partial charge in [-0.15, -0.1) is 6.07 Å². The van der Waals surface area contributed by atoms with Gasteiger partial charge in [-0.25, -0.2) is 9.66 Å². The number of fused-ring (bicyclic) bond motifs is 5.